The van der Waals surface area contributed by atoms with E-state index in [1.807, 2.05) is 19.9 Å². The molecule has 5 atom stereocenters. The number of fused-ring (bicyclic) bond motifs is 1. The van der Waals surface area contributed by atoms with E-state index in [2.05, 4.69) is 29.0 Å². The second kappa shape index (κ2) is 13.7. The Balaban J connectivity index is 1.28. The third-order valence-corrected chi connectivity index (χ3v) is 9.79. The van der Waals surface area contributed by atoms with Crippen LogP contribution in [0.4, 0.5) is 20.7 Å². The molecule has 3 aliphatic heterocycles. The van der Waals surface area contributed by atoms with Gasteiger partial charge in [0.05, 0.1) is 25.8 Å². The van der Waals surface area contributed by atoms with Crippen molar-refractivity contribution in [1.82, 2.24) is 19.7 Å². The van der Waals surface area contributed by atoms with E-state index >= 15 is 0 Å². The van der Waals surface area contributed by atoms with Crippen LogP contribution in [0.5, 0.6) is 5.88 Å². The maximum Gasteiger partial charge on any atom is 0.407 e. The monoisotopic (exact) mass is 652 g/mol. The van der Waals surface area contributed by atoms with Gasteiger partial charge in [-0.3, -0.25) is 19.4 Å². The third-order valence-electron chi connectivity index (χ3n) is 9.79. The molecule has 4 heterocycles. The van der Waals surface area contributed by atoms with Crippen molar-refractivity contribution in [2.24, 2.45) is 5.92 Å². The number of nitrogens with one attached hydrogen (secondary N) is 1. The van der Waals surface area contributed by atoms with Crippen molar-refractivity contribution < 1.29 is 33.4 Å². The highest BCUT2D eigenvalue weighted by molar-refractivity contribution is 5.98. The van der Waals surface area contributed by atoms with E-state index in [1.54, 1.807) is 17.0 Å². The van der Waals surface area contributed by atoms with Crippen LogP contribution >= 0.6 is 0 Å². The minimum absolute atomic E-state index is 0.0362. The minimum atomic E-state index is -0.961. The van der Waals surface area contributed by atoms with E-state index in [0.717, 1.165) is 18.4 Å². The molecule has 0 spiro atoms. The maximum atomic E-state index is 14.3. The van der Waals surface area contributed by atoms with Gasteiger partial charge in [-0.05, 0) is 64.3 Å². The number of morpholine rings is 1. The van der Waals surface area contributed by atoms with Crippen LogP contribution in [0.1, 0.15) is 51.7 Å². The molecule has 0 bridgehead atoms. The van der Waals surface area contributed by atoms with Crippen molar-refractivity contribution in [2.75, 3.05) is 56.2 Å². The van der Waals surface area contributed by atoms with Gasteiger partial charge in [0.2, 0.25) is 17.7 Å². The Bertz CT molecular complexity index is 1480. The standard InChI is InChI=1S/C34H45FN6O6/c1-20-13-38(28(15-40(20)34(44)45)14-39-21(2)17-46-18-22(39)3)16-30(42)41-23(4)19-47-33-29(41)12-26(11-24-5-9-27(35)10-6-24)31(37-33)36-32(43)25-7-8-25/h5-6,9-10,12,20-23,25,28H,7-8,11,13-19H2,1-4H3,(H,44,45)(H,36,37,43)/t20-,21-,22-,23+,28+/m1/s1. The second-order valence-corrected chi connectivity index (χ2v) is 13.6. The highest BCUT2D eigenvalue weighted by Gasteiger charge is 2.40. The van der Waals surface area contributed by atoms with Crippen LogP contribution in [0.3, 0.4) is 0 Å². The van der Waals surface area contributed by atoms with Crippen LogP contribution < -0.4 is 15.0 Å². The molecule has 0 unspecified atom stereocenters. The summed E-state index contributed by atoms with van der Waals surface area (Å²) in [6.45, 7) is 10.9. The zero-order valence-corrected chi connectivity index (χ0v) is 27.5. The molecule has 2 saturated heterocycles. The fourth-order valence-corrected chi connectivity index (χ4v) is 6.96. The molecule has 2 aromatic rings. The van der Waals surface area contributed by atoms with Crippen molar-refractivity contribution in [3.63, 3.8) is 0 Å². The molecule has 13 heteroatoms. The topological polar surface area (TPSA) is 128 Å². The molecule has 1 aliphatic carbocycles. The number of carboxylic acid groups (broad SMARTS) is 1. The van der Waals surface area contributed by atoms with Gasteiger partial charge in [-0.2, -0.15) is 4.98 Å². The summed E-state index contributed by atoms with van der Waals surface area (Å²) in [5, 5.41) is 12.9. The summed E-state index contributed by atoms with van der Waals surface area (Å²) in [5.41, 5.74) is 2.04. The summed E-state index contributed by atoms with van der Waals surface area (Å²) < 4.78 is 25.4. The number of amides is 3. The SMILES string of the molecule is C[C@@H]1CN(CC(=O)N2c3cc(Cc4ccc(F)cc4)c(NC(=O)C4CC4)nc3OC[C@@H]2C)[C@@H](CN2[C@H](C)COC[C@H]2C)CN1C(=O)O. The minimum Gasteiger partial charge on any atom is -0.474 e. The van der Waals surface area contributed by atoms with Gasteiger partial charge in [-0.25, -0.2) is 9.18 Å². The summed E-state index contributed by atoms with van der Waals surface area (Å²) in [6.07, 6.45) is 1.08. The number of hydrogen-bond acceptors (Lipinski definition) is 8. The summed E-state index contributed by atoms with van der Waals surface area (Å²) in [7, 11) is 0. The van der Waals surface area contributed by atoms with Gasteiger partial charge in [0.25, 0.3) is 0 Å². The largest absolute Gasteiger partial charge is 0.474 e. The van der Waals surface area contributed by atoms with Crippen molar-refractivity contribution in [2.45, 2.75) is 77.2 Å². The van der Waals surface area contributed by atoms with E-state index in [0.29, 0.717) is 56.3 Å². The number of rotatable bonds is 8. The van der Waals surface area contributed by atoms with Gasteiger partial charge in [0, 0.05) is 61.7 Å². The van der Waals surface area contributed by atoms with Crippen molar-refractivity contribution in [3.05, 3.63) is 47.3 Å². The average molecular weight is 653 g/mol. The lowest BCUT2D eigenvalue weighted by Crippen LogP contribution is -2.65. The first kappa shape index (κ1) is 33.1. The number of piperazine rings is 1. The zero-order chi connectivity index (χ0) is 33.4. The van der Waals surface area contributed by atoms with E-state index in [-0.39, 0.29) is 72.8 Å². The van der Waals surface area contributed by atoms with Crippen molar-refractivity contribution in [3.8, 4) is 5.88 Å². The van der Waals surface area contributed by atoms with Crippen LogP contribution in [-0.2, 0) is 20.7 Å². The Morgan fingerprint density at radius 3 is 2.34 bits per heavy atom. The van der Waals surface area contributed by atoms with Crippen molar-refractivity contribution >= 4 is 29.4 Å². The number of halogens is 1. The fourth-order valence-electron chi connectivity index (χ4n) is 6.96. The summed E-state index contributed by atoms with van der Waals surface area (Å²) in [5.74, 6) is 0.0232. The number of carbonyl (C=O) groups excluding carboxylic acids is 2. The van der Waals surface area contributed by atoms with Crippen LogP contribution in [0.2, 0.25) is 0 Å². The summed E-state index contributed by atoms with van der Waals surface area (Å²) >= 11 is 0. The van der Waals surface area contributed by atoms with Crippen molar-refractivity contribution in [1.29, 1.82) is 0 Å². The van der Waals surface area contributed by atoms with E-state index < -0.39 is 6.09 Å². The Hall–Kier alpha value is -3.81. The summed E-state index contributed by atoms with van der Waals surface area (Å²) in [6, 6.07) is 7.58. The molecule has 47 heavy (non-hydrogen) atoms. The number of carbonyl (C=O) groups is 3. The first-order chi connectivity index (χ1) is 22.5. The molecule has 3 fully saturated rings. The van der Waals surface area contributed by atoms with Crippen LogP contribution in [0.15, 0.2) is 30.3 Å². The number of pyridine rings is 1. The van der Waals surface area contributed by atoms with Gasteiger partial charge < -0.3 is 29.7 Å². The molecule has 1 saturated carbocycles. The first-order valence-corrected chi connectivity index (χ1v) is 16.6. The Labute approximate surface area is 274 Å². The van der Waals surface area contributed by atoms with E-state index in [1.165, 1.54) is 17.0 Å². The predicted molar refractivity (Wildman–Crippen MR) is 173 cm³/mol. The molecule has 254 valence electrons. The molecule has 3 amide bonds. The van der Waals surface area contributed by atoms with Gasteiger partial charge in [0.15, 0.2) is 0 Å². The normalized spacial score (nSPS) is 26.8. The van der Waals surface area contributed by atoms with Gasteiger partial charge >= 0.3 is 6.09 Å². The molecule has 0 radical (unpaired) electrons. The number of hydrogen-bond donors (Lipinski definition) is 2. The lowest BCUT2D eigenvalue weighted by atomic mass is 10.0. The predicted octanol–water partition coefficient (Wildman–Crippen LogP) is 3.44. The zero-order valence-electron chi connectivity index (χ0n) is 27.5. The number of anilines is 2. The molecule has 1 aromatic carbocycles. The molecule has 4 aliphatic rings. The highest BCUT2D eigenvalue weighted by Crippen LogP contribution is 2.38. The quantitative estimate of drug-likeness (QED) is 0.441. The second-order valence-electron chi connectivity index (χ2n) is 13.6. The number of benzene rings is 1. The summed E-state index contributed by atoms with van der Waals surface area (Å²) in [4.78, 5) is 51.6. The molecule has 2 N–H and O–H groups in total. The molecular weight excluding hydrogens is 607 g/mol. The van der Waals surface area contributed by atoms with Crippen LogP contribution in [-0.4, -0.2) is 119 Å². The third kappa shape index (κ3) is 7.37. The fraction of sp³-hybridized carbons (Fsp3) is 0.588. The Kier molecular flexibility index (Phi) is 9.67. The number of ether oxygens (including phenoxy) is 2. The smallest absolute Gasteiger partial charge is 0.407 e. The van der Waals surface area contributed by atoms with Gasteiger partial charge in [-0.15, -0.1) is 0 Å². The molecular formula is C34H45FN6O6. The van der Waals surface area contributed by atoms with Gasteiger partial charge in [-0.1, -0.05) is 12.1 Å². The lowest BCUT2D eigenvalue weighted by Gasteiger charge is -2.48. The van der Waals surface area contributed by atoms with Gasteiger partial charge in [0.1, 0.15) is 23.9 Å². The average Bonchev–Trinajstić information content (AvgIpc) is 3.87. The molecule has 12 nitrogen and oxygen atoms in total. The number of nitrogens with zero attached hydrogens (tertiary/aromatic N) is 5. The molecule has 1 aromatic heterocycles. The van der Waals surface area contributed by atoms with E-state index in [9.17, 15) is 23.9 Å². The Morgan fingerprint density at radius 2 is 1.68 bits per heavy atom. The lowest BCUT2D eigenvalue weighted by molar-refractivity contribution is -0.123. The van der Waals surface area contributed by atoms with E-state index in [4.69, 9.17) is 14.5 Å². The highest BCUT2D eigenvalue weighted by atomic mass is 19.1. The van der Waals surface area contributed by atoms with Crippen LogP contribution in [0.25, 0.3) is 0 Å². The van der Waals surface area contributed by atoms with Crippen LogP contribution in [0, 0.1) is 11.7 Å². The Morgan fingerprint density at radius 1 is 0.979 bits per heavy atom. The maximum absolute atomic E-state index is 14.3. The first-order valence-electron chi connectivity index (χ1n) is 16.6. The molecule has 6 rings (SSSR count). The number of aromatic nitrogens is 1.